The Morgan fingerprint density at radius 3 is 2.72 bits per heavy atom. The van der Waals surface area contributed by atoms with E-state index in [-0.39, 0.29) is 23.8 Å². The molecule has 0 saturated carbocycles. The molecule has 2 N–H and O–H groups in total. The van der Waals surface area contributed by atoms with Crippen LogP contribution >= 0.6 is 0 Å². The zero-order valence-corrected chi connectivity index (χ0v) is 14.7. The Labute approximate surface area is 148 Å². The SMILES string of the molecule is C=C(C)C(=O)NCCCNC(=O)C1=CC(c2cccnc2)C(C)N=C1. The topological polar surface area (TPSA) is 83.5 Å². The summed E-state index contributed by atoms with van der Waals surface area (Å²) in [5.74, 6) is -0.285. The molecular formula is C19H24N4O2. The van der Waals surface area contributed by atoms with E-state index in [0.29, 0.717) is 30.7 Å². The van der Waals surface area contributed by atoms with E-state index in [1.165, 1.54) is 0 Å². The van der Waals surface area contributed by atoms with Crippen LogP contribution in [0.15, 0.2) is 53.3 Å². The van der Waals surface area contributed by atoms with Gasteiger partial charge in [0.15, 0.2) is 0 Å². The van der Waals surface area contributed by atoms with E-state index in [0.717, 1.165) is 5.56 Å². The van der Waals surface area contributed by atoms with Gasteiger partial charge in [0.25, 0.3) is 5.91 Å². The maximum atomic E-state index is 12.3. The van der Waals surface area contributed by atoms with Crippen LogP contribution in [-0.4, -0.2) is 42.1 Å². The Morgan fingerprint density at radius 2 is 2.04 bits per heavy atom. The molecule has 132 valence electrons. The molecule has 0 aliphatic carbocycles. The highest BCUT2D eigenvalue weighted by atomic mass is 16.2. The van der Waals surface area contributed by atoms with Gasteiger partial charge in [-0.2, -0.15) is 0 Å². The number of carbonyl (C=O) groups is 2. The maximum absolute atomic E-state index is 12.3. The number of amides is 2. The molecule has 0 saturated heterocycles. The predicted octanol–water partition coefficient (Wildman–Crippen LogP) is 1.76. The van der Waals surface area contributed by atoms with Crippen LogP contribution in [0.1, 0.15) is 31.7 Å². The number of dihydropyridines is 1. The highest BCUT2D eigenvalue weighted by Crippen LogP contribution is 2.26. The fraction of sp³-hybridized carbons (Fsp3) is 0.368. The van der Waals surface area contributed by atoms with Crippen LogP contribution in [-0.2, 0) is 9.59 Å². The van der Waals surface area contributed by atoms with Gasteiger partial charge in [0, 0.05) is 43.2 Å². The summed E-state index contributed by atoms with van der Waals surface area (Å²) >= 11 is 0. The number of aliphatic imine (C=N–C) groups is 1. The number of pyridine rings is 1. The minimum Gasteiger partial charge on any atom is -0.352 e. The Bertz CT molecular complexity index is 695. The Hall–Kier alpha value is -2.76. The molecule has 6 nitrogen and oxygen atoms in total. The van der Waals surface area contributed by atoms with Gasteiger partial charge in [0.2, 0.25) is 5.91 Å². The molecule has 1 aromatic rings. The van der Waals surface area contributed by atoms with Crippen LogP contribution < -0.4 is 10.6 Å². The smallest absolute Gasteiger partial charge is 0.252 e. The molecule has 1 aliphatic heterocycles. The van der Waals surface area contributed by atoms with E-state index in [9.17, 15) is 9.59 Å². The van der Waals surface area contributed by atoms with Gasteiger partial charge in [-0.15, -0.1) is 0 Å². The summed E-state index contributed by atoms with van der Waals surface area (Å²) in [6.45, 7) is 8.22. The molecule has 0 fully saturated rings. The Kier molecular flexibility index (Phi) is 6.62. The van der Waals surface area contributed by atoms with Crippen molar-refractivity contribution in [2.24, 2.45) is 4.99 Å². The van der Waals surface area contributed by atoms with Gasteiger partial charge < -0.3 is 10.6 Å². The zero-order chi connectivity index (χ0) is 18.2. The van der Waals surface area contributed by atoms with Crippen molar-refractivity contribution in [2.45, 2.75) is 32.2 Å². The van der Waals surface area contributed by atoms with E-state index in [1.807, 2.05) is 25.1 Å². The lowest BCUT2D eigenvalue weighted by atomic mass is 9.90. The van der Waals surface area contributed by atoms with Crippen LogP contribution in [0.3, 0.4) is 0 Å². The molecule has 2 amide bonds. The highest BCUT2D eigenvalue weighted by Gasteiger charge is 2.22. The van der Waals surface area contributed by atoms with E-state index < -0.39 is 0 Å². The molecule has 0 spiro atoms. The average Bonchev–Trinajstić information content (AvgIpc) is 2.62. The summed E-state index contributed by atoms with van der Waals surface area (Å²) in [5, 5.41) is 5.59. The largest absolute Gasteiger partial charge is 0.352 e. The number of rotatable bonds is 7. The van der Waals surface area contributed by atoms with Crippen molar-refractivity contribution < 1.29 is 9.59 Å². The third kappa shape index (κ3) is 5.38. The second kappa shape index (κ2) is 8.92. The normalized spacial score (nSPS) is 19.0. The van der Waals surface area contributed by atoms with E-state index in [2.05, 4.69) is 27.2 Å². The Balaban J connectivity index is 1.85. The molecule has 0 bridgehead atoms. The number of carbonyl (C=O) groups excluding carboxylic acids is 2. The summed E-state index contributed by atoms with van der Waals surface area (Å²) in [6.07, 6.45) is 7.74. The van der Waals surface area contributed by atoms with Gasteiger partial charge >= 0.3 is 0 Å². The van der Waals surface area contributed by atoms with Crippen molar-refractivity contribution in [3.05, 3.63) is 53.9 Å². The summed E-state index contributed by atoms with van der Waals surface area (Å²) in [6, 6.07) is 3.94. The van der Waals surface area contributed by atoms with Crippen LogP contribution in [0.5, 0.6) is 0 Å². The molecule has 0 radical (unpaired) electrons. The molecular weight excluding hydrogens is 316 g/mol. The molecule has 2 unspecified atom stereocenters. The molecule has 1 aliphatic rings. The van der Waals surface area contributed by atoms with Crippen molar-refractivity contribution in [2.75, 3.05) is 13.1 Å². The first kappa shape index (κ1) is 18.6. The van der Waals surface area contributed by atoms with E-state index in [1.54, 1.807) is 25.5 Å². The van der Waals surface area contributed by atoms with Crippen molar-refractivity contribution in [3.63, 3.8) is 0 Å². The average molecular weight is 340 g/mol. The second-order valence-electron chi connectivity index (χ2n) is 6.10. The Morgan fingerprint density at radius 1 is 1.28 bits per heavy atom. The number of aromatic nitrogens is 1. The molecule has 25 heavy (non-hydrogen) atoms. The molecule has 1 aromatic heterocycles. The molecule has 6 heteroatoms. The van der Waals surface area contributed by atoms with Crippen molar-refractivity contribution >= 4 is 18.0 Å². The van der Waals surface area contributed by atoms with Crippen LogP contribution in [0.2, 0.25) is 0 Å². The second-order valence-corrected chi connectivity index (χ2v) is 6.10. The van der Waals surface area contributed by atoms with Crippen molar-refractivity contribution in [1.82, 2.24) is 15.6 Å². The quantitative estimate of drug-likeness (QED) is 0.586. The molecule has 0 aromatic carbocycles. The number of nitrogens with one attached hydrogen (secondary N) is 2. The van der Waals surface area contributed by atoms with E-state index >= 15 is 0 Å². The number of hydrogen-bond donors (Lipinski definition) is 2. The standard InChI is InChI=1S/C19H24N4O2/c1-13(2)18(24)21-8-5-9-22-19(25)16-10-17(14(3)23-12-16)15-6-4-7-20-11-15/h4,6-7,10-12,14,17H,1,5,8-9H2,2-3H3,(H,21,24)(H,22,25). The van der Waals surface area contributed by atoms with Crippen molar-refractivity contribution in [1.29, 1.82) is 0 Å². The van der Waals surface area contributed by atoms with Gasteiger partial charge in [0.05, 0.1) is 11.6 Å². The van der Waals surface area contributed by atoms with Gasteiger partial charge in [-0.1, -0.05) is 18.7 Å². The first-order chi connectivity index (χ1) is 12.0. The maximum Gasteiger partial charge on any atom is 0.252 e. The monoisotopic (exact) mass is 340 g/mol. The lowest BCUT2D eigenvalue weighted by Gasteiger charge is -2.22. The molecule has 2 heterocycles. The van der Waals surface area contributed by atoms with Gasteiger partial charge in [-0.3, -0.25) is 19.6 Å². The van der Waals surface area contributed by atoms with Gasteiger partial charge in [-0.25, -0.2) is 0 Å². The number of hydrogen-bond acceptors (Lipinski definition) is 4. The summed E-state index contributed by atoms with van der Waals surface area (Å²) < 4.78 is 0. The molecule has 2 atom stereocenters. The van der Waals surface area contributed by atoms with Crippen LogP contribution in [0, 0.1) is 0 Å². The first-order valence-electron chi connectivity index (χ1n) is 8.36. The third-order valence-corrected chi connectivity index (χ3v) is 3.97. The van der Waals surface area contributed by atoms with E-state index in [4.69, 9.17) is 0 Å². The summed E-state index contributed by atoms with van der Waals surface area (Å²) in [4.78, 5) is 32.2. The molecule has 2 rings (SSSR count). The fourth-order valence-corrected chi connectivity index (χ4v) is 2.49. The lowest BCUT2D eigenvalue weighted by molar-refractivity contribution is -0.117. The highest BCUT2D eigenvalue weighted by molar-refractivity contribution is 6.12. The minimum atomic E-state index is -0.165. The first-order valence-corrected chi connectivity index (χ1v) is 8.36. The predicted molar refractivity (Wildman–Crippen MR) is 98.5 cm³/mol. The zero-order valence-electron chi connectivity index (χ0n) is 14.7. The summed E-state index contributed by atoms with van der Waals surface area (Å²) in [7, 11) is 0. The summed E-state index contributed by atoms with van der Waals surface area (Å²) in [5.41, 5.74) is 2.07. The minimum absolute atomic E-state index is 0.0364. The fourth-order valence-electron chi connectivity index (χ4n) is 2.49. The van der Waals surface area contributed by atoms with Crippen LogP contribution in [0.4, 0.5) is 0 Å². The van der Waals surface area contributed by atoms with Gasteiger partial charge in [0.1, 0.15) is 0 Å². The lowest BCUT2D eigenvalue weighted by Crippen LogP contribution is -2.32. The number of nitrogens with zero attached hydrogens (tertiary/aromatic N) is 2. The van der Waals surface area contributed by atoms with Crippen molar-refractivity contribution in [3.8, 4) is 0 Å². The van der Waals surface area contributed by atoms with Gasteiger partial charge in [-0.05, 0) is 31.9 Å². The van der Waals surface area contributed by atoms with Crippen LogP contribution in [0.25, 0.3) is 0 Å². The third-order valence-electron chi connectivity index (χ3n) is 3.97.